The molecular formula is C15H14Cl2N4. The maximum atomic E-state index is 6.14. The third kappa shape index (κ3) is 3.23. The van der Waals surface area contributed by atoms with Gasteiger partial charge in [-0.1, -0.05) is 29.3 Å². The van der Waals surface area contributed by atoms with Crippen LogP contribution in [-0.4, -0.2) is 16.5 Å². The second-order valence-electron chi connectivity index (χ2n) is 4.77. The average Bonchev–Trinajstić information content (AvgIpc) is 2.83. The summed E-state index contributed by atoms with van der Waals surface area (Å²) in [6.45, 7) is 0.719. The quantitative estimate of drug-likeness (QED) is 0.634. The summed E-state index contributed by atoms with van der Waals surface area (Å²) in [7, 11) is 0. The molecule has 0 saturated carbocycles. The molecule has 4 nitrogen and oxygen atoms in total. The number of hydrogen-bond donors (Lipinski definition) is 3. The van der Waals surface area contributed by atoms with Crippen LogP contribution in [0.1, 0.15) is 5.56 Å². The number of nitrogens with one attached hydrogen (secondary N) is 2. The highest BCUT2D eigenvalue weighted by Gasteiger charge is 2.04. The van der Waals surface area contributed by atoms with Crippen molar-refractivity contribution in [3.05, 3.63) is 52.0 Å². The van der Waals surface area contributed by atoms with Crippen LogP contribution in [0.5, 0.6) is 0 Å². The van der Waals surface area contributed by atoms with E-state index in [1.807, 2.05) is 30.3 Å². The largest absolute Gasteiger partial charge is 0.399 e. The molecule has 108 valence electrons. The van der Waals surface area contributed by atoms with E-state index >= 15 is 0 Å². The molecule has 0 fully saturated rings. The third-order valence-corrected chi connectivity index (χ3v) is 3.80. The van der Waals surface area contributed by atoms with E-state index in [4.69, 9.17) is 28.9 Å². The molecule has 2 aromatic carbocycles. The van der Waals surface area contributed by atoms with Crippen LogP contribution in [0.4, 0.5) is 11.6 Å². The van der Waals surface area contributed by atoms with Crippen molar-refractivity contribution < 1.29 is 0 Å². The summed E-state index contributed by atoms with van der Waals surface area (Å²) < 4.78 is 0. The second kappa shape index (κ2) is 5.84. The van der Waals surface area contributed by atoms with E-state index < -0.39 is 0 Å². The second-order valence-corrected chi connectivity index (χ2v) is 5.62. The number of benzene rings is 2. The zero-order chi connectivity index (χ0) is 14.8. The van der Waals surface area contributed by atoms with Crippen molar-refractivity contribution in [1.82, 2.24) is 9.97 Å². The fourth-order valence-corrected chi connectivity index (χ4v) is 2.65. The van der Waals surface area contributed by atoms with E-state index in [0.717, 1.165) is 35.5 Å². The number of aromatic nitrogens is 2. The number of nitrogens with two attached hydrogens (primary N) is 1. The molecule has 1 heterocycles. The van der Waals surface area contributed by atoms with Gasteiger partial charge in [0.2, 0.25) is 5.95 Å². The Bertz CT molecular complexity index is 782. The maximum absolute atomic E-state index is 6.14. The highest BCUT2D eigenvalue weighted by molar-refractivity contribution is 6.35. The van der Waals surface area contributed by atoms with E-state index in [2.05, 4.69) is 15.3 Å². The van der Waals surface area contributed by atoms with Gasteiger partial charge in [-0.3, -0.25) is 0 Å². The van der Waals surface area contributed by atoms with Gasteiger partial charge < -0.3 is 16.0 Å². The van der Waals surface area contributed by atoms with Crippen molar-refractivity contribution in [2.45, 2.75) is 6.42 Å². The van der Waals surface area contributed by atoms with Gasteiger partial charge in [0.15, 0.2) is 0 Å². The lowest BCUT2D eigenvalue weighted by atomic mass is 10.1. The molecule has 3 rings (SSSR count). The average molecular weight is 321 g/mol. The van der Waals surface area contributed by atoms with Crippen LogP contribution in [0, 0.1) is 0 Å². The van der Waals surface area contributed by atoms with Crippen molar-refractivity contribution in [3.63, 3.8) is 0 Å². The van der Waals surface area contributed by atoms with E-state index in [9.17, 15) is 0 Å². The molecule has 0 bridgehead atoms. The van der Waals surface area contributed by atoms with E-state index in [0.29, 0.717) is 15.7 Å². The van der Waals surface area contributed by atoms with Crippen LogP contribution in [0.2, 0.25) is 10.0 Å². The molecule has 21 heavy (non-hydrogen) atoms. The molecule has 0 saturated heterocycles. The number of fused-ring (bicyclic) bond motifs is 1. The number of imidazole rings is 1. The Hall–Kier alpha value is -1.91. The molecule has 4 N–H and O–H groups in total. The number of aromatic amines is 1. The highest BCUT2D eigenvalue weighted by atomic mass is 35.5. The van der Waals surface area contributed by atoms with Gasteiger partial charge in [0.1, 0.15) is 0 Å². The first-order valence-corrected chi connectivity index (χ1v) is 7.30. The predicted molar refractivity (Wildman–Crippen MR) is 89.2 cm³/mol. The van der Waals surface area contributed by atoms with Crippen LogP contribution < -0.4 is 11.1 Å². The third-order valence-electron chi connectivity index (χ3n) is 3.21. The van der Waals surface area contributed by atoms with Crippen LogP contribution >= 0.6 is 23.2 Å². The zero-order valence-electron chi connectivity index (χ0n) is 11.2. The number of hydrogen-bond acceptors (Lipinski definition) is 3. The minimum absolute atomic E-state index is 0.645. The summed E-state index contributed by atoms with van der Waals surface area (Å²) in [5, 5.41) is 4.57. The van der Waals surface area contributed by atoms with E-state index in [1.54, 1.807) is 6.07 Å². The smallest absolute Gasteiger partial charge is 0.201 e. The Kier molecular flexibility index (Phi) is 3.90. The van der Waals surface area contributed by atoms with Gasteiger partial charge >= 0.3 is 0 Å². The summed E-state index contributed by atoms with van der Waals surface area (Å²) in [5.74, 6) is 0.723. The van der Waals surface area contributed by atoms with Gasteiger partial charge in [-0.2, -0.15) is 0 Å². The Morgan fingerprint density at radius 2 is 2.00 bits per heavy atom. The fraction of sp³-hybridized carbons (Fsp3) is 0.133. The number of nitrogen functional groups attached to an aromatic ring is 1. The maximum Gasteiger partial charge on any atom is 0.201 e. The molecule has 0 amide bonds. The number of rotatable bonds is 4. The SMILES string of the molecule is Nc1ccc2[nH]c(NCCc3ccc(Cl)cc3Cl)nc2c1. The van der Waals surface area contributed by atoms with Gasteiger partial charge in [0.05, 0.1) is 11.0 Å². The van der Waals surface area contributed by atoms with Crippen molar-refractivity contribution in [3.8, 4) is 0 Å². The summed E-state index contributed by atoms with van der Waals surface area (Å²) in [5.41, 5.74) is 9.29. The van der Waals surface area contributed by atoms with Crippen molar-refractivity contribution in [1.29, 1.82) is 0 Å². The summed E-state index contributed by atoms with van der Waals surface area (Å²) in [6, 6.07) is 11.1. The molecular weight excluding hydrogens is 307 g/mol. The van der Waals surface area contributed by atoms with Gasteiger partial charge in [-0.05, 0) is 42.3 Å². The lowest BCUT2D eigenvalue weighted by Gasteiger charge is -2.05. The molecule has 1 aromatic heterocycles. The Balaban J connectivity index is 1.66. The lowest BCUT2D eigenvalue weighted by Crippen LogP contribution is -2.06. The Morgan fingerprint density at radius 3 is 2.81 bits per heavy atom. The van der Waals surface area contributed by atoms with E-state index in [1.165, 1.54) is 0 Å². The molecule has 0 aliphatic heterocycles. The predicted octanol–water partition coefficient (Wildman–Crippen LogP) is 4.11. The van der Waals surface area contributed by atoms with Crippen LogP contribution in [0.15, 0.2) is 36.4 Å². The van der Waals surface area contributed by atoms with Crippen LogP contribution in [0.3, 0.4) is 0 Å². The first-order valence-electron chi connectivity index (χ1n) is 6.55. The summed E-state index contributed by atoms with van der Waals surface area (Å²) in [6.07, 6.45) is 0.787. The molecule has 3 aromatic rings. The fourth-order valence-electron chi connectivity index (χ4n) is 2.15. The van der Waals surface area contributed by atoms with Crippen molar-refractivity contribution in [2.24, 2.45) is 0 Å². The standard InChI is InChI=1S/C15H14Cl2N4/c16-10-2-1-9(12(17)7-10)5-6-19-15-20-13-4-3-11(18)8-14(13)21-15/h1-4,7-8H,5-6,18H2,(H2,19,20,21). The van der Waals surface area contributed by atoms with Crippen molar-refractivity contribution >= 4 is 45.9 Å². The van der Waals surface area contributed by atoms with Crippen molar-refractivity contribution in [2.75, 3.05) is 17.6 Å². The molecule has 0 unspecified atom stereocenters. The Labute approximate surface area is 132 Å². The van der Waals surface area contributed by atoms with Gasteiger partial charge in [0, 0.05) is 22.3 Å². The zero-order valence-corrected chi connectivity index (χ0v) is 12.7. The number of halogens is 2. The summed E-state index contributed by atoms with van der Waals surface area (Å²) >= 11 is 12.0. The summed E-state index contributed by atoms with van der Waals surface area (Å²) in [4.78, 5) is 7.64. The molecule has 0 aliphatic rings. The normalized spacial score (nSPS) is 11.0. The lowest BCUT2D eigenvalue weighted by molar-refractivity contribution is 1.000. The monoisotopic (exact) mass is 320 g/mol. The number of anilines is 2. The van der Waals surface area contributed by atoms with Crippen LogP contribution in [-0.2, 0) is 6.42 Å². The van der Waals surface area contributed by atoms with Gasteiger partial charge in [0.25, 0.3) is 0 Å². The minimum Gasteiger partial charge on any atom is -0.399 e. The first kappa shape index (κ1) is 14.0. The van der Waals surface area contributed by atoms with Crippen LogP contribution in [0.25, 0.3) is 11.0 Å². The molecule has 0 spiro atoms. The van der Waals surface area contributed by atoms with Gasteiger partial charge in [-0.15, -0.1) is 0 Å². The van der Waals surface area contributed by atoms with Gasteiger partial charge in [-0.25, -0.2) is 4.98 Å². The highest BCUT2D eigenvalue weighted by Crippen LogP contribution is 2.21. The number of nitrogens with zero attached hydrogens (tertiary/aromatic N) is 1. The molecule has 6 heteroatoms. The Morgan fingerprint density at radius 1 is 1.14 bits per heavy atom. The molecule has 0 atom stereocenters. The first-order chi connectivity index (χ1) is 10.1. The molecule has 0 radical (unpaired) electrons. The molecule has 0 aliphatic carbocycles. The number of H-pyrrole nitrogens is 1. The minimum atomic E-state index is 0.645. The topological polar surface area (TPSA) is 66.7 Å². The van der Waals surface area contributed by atoms with E-state index in [-0.39, 0.29) is 0 Å².